The molecule has 1 N–H and O–H groups in total. The fourth-order valence-corrected chi connectivity index (χ4v) is 3.02. The molecule has 4 nitrogen and oxygen atoms in total. The lowest BCUT2D eigenvalue weighted by Crippen LogP contribution is -2.38. The van der Waals surface area contributed by atoms with Gasteiger partial charge in [0.05, 0.1) is 11.8 Å². The first-order valence-corrected chi connectivity index (χ1v) is 8.76. The van der Waals surface area contributed by atoms with Crippen LogP contribution in [0.5, 0.6) is 0 Å². The van der Waals surface area contributed by atoms with Crippen molar-refractivity contribution in [2.75, 3.05) is 5.32 Å². The second-order valence-electron chi connectivity index (χ2n) is 6.85. The van der Waals surface area contributed by atoms with Gasteiger partial charge in [0.25, 0.3) is 0 Å². The molecule has 0 aromatic heterocycles. The molecular formula is C21H24N2O2. The fourth-order valence-electron chi connectivity index (χ4n) is 3.02. The normalized spacial score (nSPS) is 18.7. The molecule has 1 saturated carbocycles. The molecule has 0 heterocycles. The van der Waals surface area contributed by atoms with Gasteiger partial charge in [-0.1, -0.05) is 48.5 Å². The maximum absolute atomic E-state index is 12.9. The first-order chi connectivity index (χ1) is 12.1. The Morgan fingerprint density at radius 1 is 1.00 bits per heavy atom. The smallest absolute Gasteiger partial charge is 0.228 e. The van der Waals surface area contributed by atoms with Crippen LogP contribution in [0.4, 0.5) is 5.69 Å². The predicted molar refractivity (Wildman–Crippen MR) is 98.8 cm³/mol. The lowest BCUT2D eigenvalue weighted by Gasteiger charge is -2.27. The Kier molecular flexibility index (Phi) is 5.17. The van der Waals surface area contributed by atoms with Gasteiger partial charge in [-0.2, -0.15) is 0 Å². The van der Waals surface area contributed by atoms with E-state index < -0.39 is 0 Å². The van der Waals surface area contributed by atoms with Crippen LogP contribution in [-0.2, 0) is 16.1 Å². The predicted octanol–water partition coefficient (Wildman–Crippen LogP) is 3.70. The number of nitrogens with one attached hydrogen (secondary N) is 1. The molecule has 1 aliphatic rings. The molecule has 2 atom stereocenters. The Hall–Kier alpha value is -2.62. The van der Waals surface area contributed by atoms with Crippen LogP contribution in [-0.4, -0.2) is 22.8 Å². The van der Waals surface area contributed by atoms with Crippen molar-refractivity contribution in [3.8, 4) is 0 Å². The number of hydrogen-bond donors (Lipinski definition) is 1. The highest BCUT2D eigenvalue weighted by atomic mass is 16.2. The lowest BCUT2D eigenvalue weighted by molar-refractivity contribution is -0.136. The minimum absolute atomic E-state index is 0.0621. The first kappa shape index (κ1) is 17.2. The SMILES string of the molecule is CC(C)N(Cc1ccccc1)C(=O)C1CC1C(=O)Nc1ccccc1. The lowest BCUT2D eigenvalue weighted by atomic mass is 10.1. The molecule has 3 rings (SSSR count). The number of para-hydroxylation sites is 1. The summed E-state index contributed by atoms with van der Waals surface area (Å²) >= 11 is 0. The summed E-state index contributed by atoms with van der Waals surface area (Å²) in [5.41, 5.74) is 1.88. The molecule has 0 bridgehead atoms. The van der Waals surface area contributed by atoms with Gasteiger partial charge >= 0.3 is 0 Å². The van der Waals surface area contributed by atoms with E-state index in [1.165, 1.54) is 0 Å². The summed E-state index contributed by atoms with van der Waals surface area (Å²) in [6, 6.07) is 19.4. The molecule has 2 aromatic carbocycles. The zero-order chi connectivity index (χ0) is 17.8. The highest BCUT2D eigenvalue weighted by molar-refractivity contribution is 5.99. The van der Waals surface area contributed by atoms with Gasteiger partial charge in [0, 0.05) is 18.3 Å². The van der Waals surface area contributed by atoms with E-state index in [0.717, 1.165) is 11.3 Å². The van der Waals surface area contributed by atoms with Crippen molar-refractivity contribution < 1.29 is 9.59 Å². The second kappa shape index (κ2) is 7.51. The molecule has 2 unspecified atom stereocenters. The third kappa shape index (κ3) is 4.27. The standard InChI is InChI=1S/C21H24N2O2/c1-15(2)23(14-16-9-5-3-6-10-16)21(25)19-13-18(19)20(24)22-17-11-7-4-8-12-17/h3-12,15,18-19H,13-14H2,1-2H3,(H,22,24). The molecule has 1 aliphatic carbocycles. The Morgan fingerprint density at radius 3 is 2.20 bits per heavy atom. The van der Waals surface area contributed by atoms with E-state index in [9.17, 15) is 9.59 Å². The molecular weight excluding hydrogens is 312 g/mol. The summed E-state index contributed by atoms with van der Waals surface area (Å²) in [5.74, 6) is -0.403. The third-order valence-electron chi connectivity index (χ3n) is 4.59. The van der Waals surface area contributed by atoms with E-state index in [1.54, 1.807) is 0 Å². The minimum atomic E-state index is -0.218. The third-order valence-corrected chi connectivity index (χ3v) is 4.59. The Morgan fingerprint density at radius 2 is 1.60 bits per heavy atom. The Labute approximate surface area is 148 Å². The summed E-state index contributed by atoms with van der Waals surface area (Å²) in [5, 5.41) is 2.90. The van der Waals surface area contributed by atoms with Crippen molar-refractivity contribution >= 4 is 17.5 Å². The van der Waals surface area contributed by atoms with Gasteiger partial charge in [-0.15, -0.1) is 0 Å². The summed E-state index contributed by atoms with van der Waals surface area (Å²) in [4.78, 5) is 27.1. The van der Waals surface area contributed by atoms with E-state index in [4.69, 9.17) is 0 Å². The van der Waals surface area contributed by atoms with Crippen molar-refractivity contribution in [1.29, 1.82) is 0 Å². The zero-order valence-electron chi connectivity index (χ0n) is 14.7. The molecule has 2 amide bonds. The maximum Gasteiger partial charge on any atom is 0.228 e. The molecule has 0 aliphatic heterocycles. The van der Waals surface area contributed by atoms with Crippen molar-refractivity contribution in [3.05, 3.63) is 66.2 Å². The van der Waals surface area contributed by atoms with Crippen LogP contribution in [0, 0.1) is 11.8 Å². The number of carbonyl (C=O) groups is 2. The van der Waals surface area contributed by atoms with Crippen LogP contribution >= 0.6 is 0 Å². The Bertz CT molecular complexity index is 728. The van der Waals surface area contributed by atoms with Crippen LogP contribution in [0.3, 0.4) is 0 Å². The number of benzene rings is 2. The monoisotopic (exact) mass is 336 g/mol. The van der Waals surface area contributed by atoms with Crippen molar-refractivity contribution in [3.63, 3.8) is 0 Å². The first-order valence-electron chi connectivity index (χ1n) is 8.76. The number of carbonyl (C=O) groups excluding carboxylic acids is 2. The average Bonchev–Trinajstić information content (AvgIpc) is 3.41. The van der Waals surface area contributed by atoms with E-state index in [-0.39, 0.29) is 29.7 Å². The summed E-state index contributed by atoms with van der Waals surface area (Å²) in [7, 11) is 0. The van der Waals surface area contributed by atoms with Gasteiger partial charge < -0.3 is 10.2 Å². The highest BCUT2D eigenvalue weighted by Crippen LogP contribution is 2.41. The van der Waals surface area contributed by atoms with Gasteiger partial charge in [-0.05, 0) is 38.0 Å². The van der Waals surface area contributed by atoms with Crippen LogP contribution < -0.4 is 5.32 Å². The Balaban J connectivity index is 1.61. The molecule has 0 saturated heterocycles. The quantitative estimate of drug-likeness (QED) is 0.874. The van der Waals surface area contributed by atoms with Crippen LogP contribution in [0.15, 0.2) is 60.7 Å². The number of nitrogens with zero attached hydrogens (tertiary/aromatic N) is 1. The van der Waals surface area contributed by atoms with E-state index in [2.05, 4.69) is 5.32 Å². The number of hydrogen-bond acceptors (Lipinski definition) is 2. The number of anilines is 1. The molecule has 25 heavy (non-hydrogen) atoms. The molecule has 130 valence electrons. The zero-order valence-corrected chi connectivity index (χ0v) is 14.7. The van der Waals surface area contributed by atoms with Crippen molar-refractivity contribution in [1.82, 2.24) is 4.90 Å². The summed E-state index contributed by atoms with van der Waals surface area (Å²) in [6.07, 6.45) is 0.634. The minimum Gasteiger partial charge on any atom is -0.336 e. The van der Waals surface area contributed by atoms with Crippen LogP contribution in [0.2, 0.25) is 0 Å². The van der Waals surface area contributed by atoms with E-state index in [1.807, 2.05) is 79.4 Å². The van der Waals surface area contributed by atoms with E-state index >= 15 is 0 Å². The van der Waals surface area contributed by atoms with Gasteiger partial charge in [0.1, 0.15) is 0 Å². The van der Waals surface area contributed by atoms with Gasteiger partial charge in [0.15, 0.2) is 0 Å². The molecule has 0 radical (unpaired) electrons. The van der Waals surface area contributed by atoms with Gasteiger partial charge in [-0.3, -0.25) is 9.59 Å². The van der Waals surface area contributed by atoms with Crippen LogP contribution in [0.1, 0.15) is 25.8 Å². The molecule has 0 spiro atoms. The van der Waals surface area contributed by atoms with Crippen molar-refractivity contribution in [2.24, 2.45) is 11.8 Å². The van der Waals surface area contributed by atoms with Crippen LogP contribution in [0.25, 0.3) is 0 Å². The molecule has 1 fully saturated rings. The molecule has 4 heteroatoms. The second-order valence-corrected chi connectivity index (χ2v) is 6.85. The average molecular weight is 336 g/mol. The number of amides is 2. The summed E-state index contributed by atoms with van der Waals surface area (Å²) < 4.78 is 0. The van der Waals surface area contributed by atoms with Crippen molar-refractivity contribution in [2.45, 2.75) is 32.9 Å². The van der Waals surface area contributed by atoms with E-state index in [0.29, 0.717) is 13.0 Å². The van der Waals surface area contributed by atoms with Gasteiger partial charge in [0.2, 0.25) is 11.8 Å². The fraction of sp³-hybridized carbons (Fsp3) is 0.333. The largest absolute Gasteiger partial charge is 0.336 e. The number of rotatable bonds is 6. The summed E-state index contributed by atoms with van der Waals surface area (Å²) in [6.45, 7) is 4.62. The topological polar surface area (TPSA) is 49.4 Å². The highest BCUT2D eigenvalue weighted by Gasteiger charge is 2.49. The maximum atomic E-state index is 12.9. The molecule has 2 aromatic rings. The van der Waals surface area contributed by atoms with Gasteiger partial charge in [-0.25, -0.2) is 0 Å².